The van der Waals surface area contributed by atoms with Crippen molar-refractivity contribution in [1.29, 1.82) is 0 Å². The highest BCUT2D eigenvalue weighted by Crippen LogP contribution is 2.15. The maximum absolute atomic E-state index is 11.8. The SMILES string of the molecule is COCC1CCN(CCNCC(F)(F)F)C1. The quantitative estimate of drug-likeness (QED) is 0.704. The van der Waals surface area contributed by atoms with E-state index >= 15 is 0 Å². The first-order valence-corrected chi connectivity index (χ1v) is 5.50. The Morgan fingerprint density at radius 1 is 1.44 bits per heavy atom. The lowest BCUT2D eigenvalue weighted by Crippen LogP contribution is -2.35. The van der Waals surface area contributed by atoms with Crippen LogP contribution in [0.4, 0.5) is 13.2 Å². The first-order valence-electron chi connectivity index (χ1n) is 5.50. The Morgan fingerprint density at radius 3 is 2.81 bits per heavy atom. The molecule has 3 nitrogen and oxygen atoms in total. The van der Waals surface area contributed by atoms with Crippen molar-refractivity contribution in [3.63, 3.8) is 0 Å². The van der Waals surface area contributed by atoms with Crippen LogP contribution >= 0.6 is 0 Å². The number of alkyl halides is 3. The molecule has 0 aliphatic carbocycles. The molecule has 0 aromatic carbocycles. The third kappa shape index (κ3) is 5.67. The molecular weight excluding hydrogens is 221 g/mol. The summed E-state index contributed by atoms with van der Waals surface area (Å²) in [5.74, 6) is 0.535. The first-order chi connectivity index (χ1) is 7.51. The minimum Gasteiger partial charge on any atom is -0.384 e. The maximum Gasteiger partial charge on any atom is 0.401 e. The average molecular weight is 240 g/mol. The molecule has 0 radical (unpaired) electrons. The van der Waals surface area contributed by atoms with Crippen LogP contribution in [0.5, 0.6) is 0 Å². The largest absolute Gasteiger partial charge is 0.401 e. The zero-order valence-corrected chi connectivity index (χ0v) is 9.52. The Bertz CT molecular complexity index is 199. The molecule has 0 bridgehead atoms. The highest BCUT2D eigenvalue weighted by Gasteiger charge is 2.26. The lowest BCUT2D eigenvalue weighted by Gasteiger charge is -2.16. The van der Waals surface area contributed by atoms with Crippen molar-refractivity contribution in [2.75, 3.05) is 46.4 Å². The van der Waals surface area contributed by atoms with Gasteiger partial charge in [0.25, 0.3) is 0 Å². The van der Waals surface area contributed by atoms with Crippen LogP contribution in [0, 0.1) is 5.92 Å². The monoisotopic (exact) mass is 240 g/mol. The summed E-state index contributed by atoms with van der Waals surface area (Å²) in [4.78, 5) is 2.17. The highest BCUT2D eigenvalue weighted by molar-refractivity contribution is 4.75. The predicted molar refractivity (Wildman–Crippen MR) is 55.3 cm³/mol. The standard InChI is InChI=1S/C10H19F3N2O/c1-16-7-9-2-4-15(6-9)5-3-14-8-10(11,12)13/h9,14H,2-8H2,1H3. The molecule has 0 aromatic heterocycles. The lowest BCUT2D eigenvalue weighted by molar-refractivity contribution is -0.124. The van der Waals surface area contributed by atoms with E-state index in [1.54, 1.807) is 7.11 Å². The molecule has 1 atom stereocenters. The molecule has 1 rings (SSSR count). The van der Waals surface area contributed by atoms with Crippen molar-refractivity contribution in [3.05, 3.63) is 0 Å². The molecule has 0 saturated carbocycles. The van der Waals surface area contributed by atoms with Gasteiger partial charge in [0.05, 0.1) is 13.2 Å². The molecular formula is C10H19F3N2O. The zero-order chi connectivity index (χ0) is 12.0. The van der Waals surface area contributed by atoms with Crippen LogP contribution in [0.3, 0.4) is 0 Å². The molecule has 1 saturated heterocycles. The number of nitrogens with one attached hydrogen (secondary N) is 1. The second-order valence-electron chi connectivity index (χ2n) is 4.20. The lowest BCUT2D eigenvalue weighted by atomic mass is 10.1. The summed E-state index contributed by atoms with van der Waals surface area (Å²) in [5, 5.41) is 2.40. The molecule has 1 heterocycles. The van der Waals surface area contributed by atoms with Gasteiger partial charge in [-0.05, 0) is 18.9 Å². The summed E-state index contributed by atoms with van der Waals surface area (Å²) in [6.45, 7) is 2.80. The van der Waals surface area contributed by atoms with Crippen LogP contribution in [0.25, 0.3) is 0 Å². The van der Waals surface area contributed by atoms with Gasteiger partial charge in [-0.3, -0.25) is 0 Å². The minimum absolute atomic E-state index is 0.388. The number of likely N-dealkylation sites (tertiary alicyclic amines) is 1. The number of halogens is 3. The van der Waals surface area contributed by atoms with Crippen molar-refractivity contribution in [2.45, 2.75) is 12.6 Å². The van der Waals surface area contributed by atoms with E-state index in [4.69, 9.17) is 4.74 Å². The summed E-state index contributed by atoms with van der Waals surface area (Å²) in [6, 6.07) is 0. The van der Waals surface area contributed by atoms with E-state index in [9.17, 15) is 13.2 Å². The average Bonchev–Trinajstić information content (AvgIpc) is 2.60. The van der Waals surface area contributed by atoms with Gasteiger partial charge in [0, 0.05) is 26.7 Å². The summed E-state index contributed by atoms with van der Waals surface area (Å²) >= 11 is 0. The summed E-state index contributed by atoms with van der Waals surface area (Å²) in [5.41, 5.74) is 0. The molecule has 1 N–H and O–H groups in total. The van der Waals surface area contributed by atoms with Crippen LogP contribution in [0.2, 0.25) is 0 Å². The molecule has 96 valence electrons. The van der Waals surface area contributed by atoms with Crippen LogP contribution in [0.15, 0.2) is 0 Å². The topological polar surface area (TPSA) is 24.5 Å². The zero-order valence-electron chi connectivity index (χ0n) is 9.52. The van der Waals surface area contributed by atoms with E-state index in [2.05, 4.69) is 10.2 Å². The Hall–Kier alpha value is -0.330. The molecule has 6 heteroatoms. The van der Waals surface area contributed by atoms with E-state index in [-0.39, 0.29) is 0 Å². The van der Waals surface area contributed by atoms with Gasteiger partial charge in [-0.15, -0.1) is 0 Å². The predicted octanol–water partition coefficient (Wildman–Crippen LogP) is 1.11. The van der Waals surface area contributed by atoms with Crippen LogP contribution < -0.4 is 5.32 Å². The van der Waals surface area contributed by atoms with Crippen LogP contribution in [0.1, 0.15) is 6.42 Å². The van der Waals surface area contributed by atoms with E-state index in [0.717, 1.165) is 26.1 Å². The van der Waals surface area contributed by atoms with Crippen LogP contribution in [-0.2, 0) is 4.74 Å². The molecule has 1 aliphatic heterocycles. The van der Waals surface area contributed by atoms with E-state index in [1.807, 2.05) is 0 Å². The number of hydrogen-bond acceptors (Lipinski definition) is 3. The van der Waals surface area contributed by atoms with Gasteiger partial charge in [0.1, 0.15) is 0 Å². The van der Waals surface area contributed by atoms with Crippen molar-refractivity contribution in [1.82, 2.24) is 10.2 Å². The fraction of sp³-hybridized carbons (Fsp3) is 1.00. The van der Waals surface area contributed by atoms with E-state index in [1.165, 1.54) is 0 Å². The fourth-order valence-corrected chi connectivity index (χ4v) is 1.95. The first kappa shape index (κ1) is 13.7. The summed E-state index contributed by atoms with van der Waals surface area (Å²) < 4.78 is 40.5. The Kier molecular flexibility index (Phi) is 5.51. The number of hydrogen-bond donors (Lipinski definition) is 1. The third-order valence-corrected chi connectivity index (χ3v) is 2.70. The van der Waals surface area contributed by atoms with Gasteiger partial charge in [0.15, 0.2) is 0 Å². The number of methoxy groups -OCH3 is 1. The molecule has 1 aliphatic rings. The second-order valence-corrected chi connectivity index (χ2v) is 4.20. The number of nitrogens with zero attached hydrogens (tertiary/aromatic N) is 1. The van der Waals surface area contributed by atoms with Gasteiger partial charge in [-0.25, -0.2) is 0 Å². The summed E-state index contributed by atoms with van der Waals surface area (Å²) in [6.07, 6.45) is -3.03. The Morgan fingerprint density at radius 2 is 2.19 bits per heavy atom. The fourth-order valence-electron chi connectivity index (χ4n) is 1.95. The highest BCUT2D eigenvalue weighted by atomic mass is 19.4. The molecule has 1 unspecified atom stereocenters. The second kappa shape index (κ2) is 6.42. The smallest absolute Gasteiger partial charge is 0.384 e. The summed E-state index contributed by atoms with van der Waals surface area (Å²) in [7, 11) is 1.67. The van der Waals surface area contributed by atoms with Crippen molar-refractivity contribution < 1.29 is 17.9 Å². The van der Waals surface area contributed by atoms with Gasteiger partial charge in [-0.2, -0.15) is 13.2 Å². The minimum atomic E-state index is -4.11. The molecule has 16 heavy (non-hydrogen) atoms. The third-order valence-electron chi connectivity index (χ3n) is 2.70. The molecule has 1 fully saturated rings. The normalized spacial score (nSPS) is 22.9. The Balaban J connectivity index is 2.02. The van der Waals surface area contributed by atoms with Gasteiger partial charge >= 0.3 is 6.18 Å². The van der Waals surface area contributed by atoms with Gasteiger partial charge in [-0.1, -0.05) is 0 Å². The molecule has 0 amide bonds. The number of rotatable bonds is 6. The van der Waals surface area contributed by atoms with E-state index in [0.29, 0.717) is 19.0 Å². The van der Waals surface area contributed by atoms with Crippen LogP contribution in [-0.4, -0.2) is 57.5 Å². The number of ether oxygens (including phenoxy) is 1. The Labute approximate surface area is 93.9 Å². The van der Waals surface area contributed by atoms with Crippen molar-refractivity contribution in [2.24, 2.45) is 5.92 Å². The van der Waals surface area contributed by atoms with Gasteiger partial charge < -0.3 is 15.0 Å². The van der Waals surface area contributed by atoms with Crippen molar-refractivity contribution in [3.8, 4) is 0 Å². The molecule has 0 aromatic rings. The van der Waals surface area contributed by atoms with Gasteiger partial charge in [0.2, 0.25) is 0 Å². The van der Waals surface area contributed by atoms with E-state index < -0.39 is 12.7 Å². The van der Waals surface area contributed by atoms with Crippen molar-refractivity contribution >= 4 is 0 Å². The molecule has 0 spiro atoms. The maximum atomic E-state index is 11.8.